The van der Waals surface area contributed by atoms with Crippen LogP contribution in [0, 0.1) is 5.82 Å². The second-order valence-corrected chi connectivity index (χ2v) is 13.1. The third-order valence-electron chi connectivity index (χ3n) is 7.70. The van der Waals surface area contributed by atoms with Gasteiger partial charge in [-0.15, -0.1) is 0 Å². The topological polar surface area (TPSA) is 121 Å². The maximum absolute atomic E-state index is 14.3. The highest BCUT2D eigenvalue weighted by Crippen LogP contribution is 2.42. The van der Waals surface area contributed by atoms with Crippen LogP contribution in [0.5, 0.6) is 0 Å². The zero-order chi connectivity index (χ0) is 34.3. The standard InChI is InChI=1S/C38H45FN2O6/c1-24(2)35-34(37(46)40-29-17-11-25(23-42)12-18-29)33(26-9-7-6-8-10-26)36(27-13-15-28(39)16-14-27)41(35)20-19-30(43)21-31(44)22-32(45)47-38(3,4)5/h6-18,24,30-31,42-44H,19-23H2,1-5H3,(H,40,46). The molecule has 0 spiro atoms. The molecular weight excluding hydrogens is 599 g/mol. The van der Waals surface area contributed by atoms with Gasteiger partial charge in [-0.05, 0) is 92.6 Å². The molecule has 0 bridgehead atoms. The number of ether oxygens (including phenoxy) is 1. The van der Waals surface area contributed by atoms with Crippen molar-refractivity contribution in [3.05, 3.63) is 102 Å². The number of amides is 1. The van der Waals surface area contributed by atoms with E-state index in [1.54, 1.807) is 57.2 Å². The lowest BCUT2D eigenvalue weighted by molar-refractivity contribution is -0.157. The van der Waals surface area contributed by atoms with Gasteiger partial charge in [-0.25, -0.2) is 4.39 Å². The number of hydrogen-bond acceptors (Lipinski definition) is 6. The fourth-order valence-electron chi connectivity index (χ4n) is 5.75. The number of benzene rings is 3. The predicted octanol–water partition coefficient (Wildman–Crippen LogP) is 7.06. The number of rotatable bonds is 13. The van der Waals surface area contributed by atoms with Gasteiger partial charge in [0.25, 0.3) is 5.91 Å². The molecule has 1 amide bonds. The van der Waals surface area contributed by atoms with Gasteiger partial charge < -0.3 is 29.9 Å². The van der Waals surface area contributed by atoms with E-state index in [0.717, 1.165) is 16.8 Å². The van der Waals surface area contributed by atoms with Crippen molar-refractivity contribution in [1.29, 1.82) is 0 Å². The molecule has 250 valence electrons. The molecule has 4 N–H and O–H groups in total. The lowest BCUT2D eigenvalue weighted by Gasteiger charge is -2.22. The molecular formula is C38H45FN2O6. The van der Waals surface area contributed by atoms with Gasteiger partial charge in [-0.1, -0.05) is 56.3 Å². The van der Waals surface area contributed by atoms with E-state index in [0.29, 0.717) is 28.1 Å². The highest BCUT2D eigenvalue weighted by molar-refractivity contribution is 6.12. The van der Waals surface area contributed by atoms with Gasteiger partial charge in [-0.2, -0.15) is 0 Å². The summed E-state index contributed by atoms with van der Waals surface area (Å²) in [6.07, 6.45) is -2.11. The first-order chi connectivity index (χ1) is 22.3. The van der Waals surface area contributed by atoms with Crippen molar-refractivity contribution < 1.29 is 34.0 Å². The Balaban J connectivity index is 1.78. The highest BCUT2D eigenvalue weighted by atomic mass is 19.1. The minimum Gasteiger partial charge on any atom is -0.460 e. The molecule has 0 aliphatic heterocycles. The number of aliphatic hydroxyl groups is 3. The molecule has 1 heterocycles. The molecule has 8 nitrogen and oxygen atoms in total. The molecule has 0 saturated carbocycles. The Morgan fingerprint density at radius 3 is 2.11 bits per heavy atom. The second-order valence-electron chi connectivity index (χ2n) is 13.1. The summed E-state index contributed by atoms with van der Waals surface area (Å²) < 4.78 is 21.5. The number of nitrogens with one attached hydrogen (secondary N) is 1. The van der Waals surface area contributed by atoms with Crippen molar-refractivity contribution in [3.63, 3.8) is 0 Å². The van der Waals surface area contributed by atoms with Gasteiger partial charge in [0.15, 0.2) is 0 Å². The lowest BCUT2D eigenvalue weighted by atomic mass is 9.94. The molecule has 9 heteroatoms. The maximum atomic E-state index is 14.3. The Bertz CT molecular complexity index is 1640. The molecule has 2 unspecified atom stereocenters. The molecule has 0 saturated heterocycles. The minimum absolute atomic E-state index is 0.0356. The predicted molar refractivity (Wildman–Crippen MR) is 181 cm³/mol. The van der Waals surface area contributed by atoms with Crippen LogP contribution in [0.2, 0.25) is 0 Å². The summed E-state index contributed by atoms with van der Waals surface area (Å²) in [7, 11) is 0. The van der Waals surface area contributed by atoms with Gasteiger partial charge >= 0.3 is 5.97 Å². The number of anilines is 1. The van der Waals surface area contributed by atoms with Crippen LogP contribution in [0.1, 0.15) is 81.4 Å². The van der Waals surface area contributed by atoms with E-state index in [4.69, 9.17) is 4.74 Å². The number of carbonyl (C=O) groups is 2. The number of halogens is 1. The summed E-state index contributed by atoms with van der Waals surface area (Å²) in [5, 5.41) is 34.1. The molecule has 3 aromatic carbocycles. The van der Waals surface area contributed by atoms with Gasteiger partial charge in [0.2, 0.25) is 0 Å². The Kier molecular flexibility index (Phi) is 11.7. The van der Waals surface area contributed by atoms with E-state index in [-0.39, 0.29) is 44.2 Å². The Hall–Kier alpha value is -4.31. The SMILES string of the molecule is CC(C)c1c(C(=O)Nc2ccc(CO)cc2)c(-c2ccccc2)c(-c2ccc(F)cc2)n1CCC(O)CC(O)CC(=O)OC(C)(C)C. The molecule has 47 heavy (non-hydrogen) atoms. The molecule has 0 radical (unpaired) electrons. The summed E-state index contributed by atoms with van der Waals surface area (Å²) in [4.78, 5) is 26.5. The number of hydrogen-bond donors (Lipinski definition) is 4. The molecule has 4 rings (SSSR count). The molecule has 0 aliphatic rings. The lowest BCUT2D eigenvalue weighted by Crippen LogP contribution is -2.28. The van der Waals surface area contributed by atoms with Crippen LogP contribution in [-0.4, -0.2) is 49.6 Å². The van der Waals surface area contributed by atoms with Crippen LogP contribution in [-0.2, 0) is 22.7 Å². The molecule has 4 aromatic rings. The number of aliphatic hydroxyl groups excluding tert-OH is 3. The van der Waals surface area contributed by atoms with Crippen LogP contribution in [0.3, 0.4) is 0 Å². The summed E-state index contributed by atoms with van der Waals surface area (Å²) in [6.45, 7) is 9.39. The van der Waals surface area contributed by atoms with Gasteiger partial charge in [0.1, 0.15) is 11.4 Å². The van der Waals surface area contributed by atoms with Gasteiger partial charge in [0, 0.05) is 23.5 Å². The average molecular weight is 645 g/mol. The fraction of sp³-hybridized carbons (Fsp3) is 0.368. The van der Waals surface area contributed by atoms with Crippen LogP contribution in [0.15, 0.2) is 78.9 Å². The third kappa shape index (κ3) is 9.38. The van der Waals surface area contributed by atoms with Gasteiger partial charge in [0.05, 0.1) is 36.5 Å². The third-order valence-corrected chi connectivity index (χ3v) is 7.70. The molecule has 2 atom stereocenters. The molecule has 0 aliphatic carbocycles. The Morgan fingerprint density at radius 1 is 0.894 bits per heavy atom. The van der Waals surface area contributed by atoms with Crippen molar-refractivity contribution in [2.24, 2.45) is 0 Å². The zero-order valence-corrected chi connectivity index (χ0v) is 27.7. The summed E-state index contributed by atoms with van der Waals surface area (Å²) >= 11 is 0. The van der Waals surface area contributed by atoms with Crippen LogP contribution in [0.4, 0.5) is 10.1 Å². The monoisotopic (exact) mass is 644 g/mol. The van der Waals surface area contributed by atoms with E-state index in [1.165, 1.54) is 12.1 Å². The Labute approximate surface area is 275 Å². The number of esters is 1. The first kappa shape index (κ1) is 35.5. The summed E-state index contributed by atoms with van der Waals surface area (Å²) in [5.74, 6) is -1.41. The number of nitrogens with zero attached hydrogens (tertiary/aromatic N) is 1. The van der Waals surface area contributed by atoms with Crippen LogP contribution >= 0.6 is 0 Å². The molecule has 0 fully saturated rings. The zero-order valence-electron chi connectivity index (χ0n) is 27.7. The van der Waals surface area contributed by atoms with E-state index in [9.17, 15) is 29.3 Å². The number of carbonyl (C=O) groups excluding carboxylic acids is 2. The quantitative estimate of drug-likeness (QED) is 0.116. The van der Waals surface area contributed by atoms with Crippen molar-refractivity contribution in [1.82, 2.24) is 4.57 Å². The van der Waals surface area contributed by atoms with Crippen molar-refractivity contribution in [3.8, 4) is 22.4 Å². The van der Waals surface area contributed by atoms with Gasteiger partial charge in [-0.3, -0.25) is 9.59 Å². The van der Waals surface area contributed by atoms with E-state index in [2.05, 4.69) is 5.32 Å². The van der Waals surface area contributed by atoms with Crippen LogP contribution < -0.4 is 5.32 Å². The summed E-state index contributed by atoms with van der Waals surface area (Å²) in [6, 6.07) is 22.6. The fourth-order valence-corrected chi connectivity index (χ4v) is 5.75. The highest BCUT2D eigenvalue weighted by Gasteiger charge is 2.31. The molecule has 1 aromatic heterocycles. The normalized spacial score (nSPS) is 13.0. The maximum Gasteiger partial charge on any atom is 0.308 e. The smallest absolute Gasteiger partial charge is 0.308 e. The van der Waals surface area contributed by atoms with Crippen molar-refractivity contribution in [2.75, 3.05) is 5.32 Å². The van der Waals surface area contributed by atoms with Crippen molar-refractivity contribution >= 4 is 17.6 Å². The van der Waals surface area contributed by atoms with E-state index >= 15 is 0 Å². The Morgan fingerprint density at radius 2 is 1.53 bits per heavy atom. The number of aromatic nitrogens is 1. The average Bonchev–Trinajstić information content (AvgIpc) is 3.35. The second kappa shape index (κ2) is 15.5. The van der Waals surface area contributed by atoms with Crippen LogP contribution in [0.25, 0.3) is 22.4 Å². The minimum atomic E-state index is -1.09. The van der Waals surface area contributed by atoms with E-state index < -0.39 is 29.6 Å². The van der Waals surface area contributed by atoms with E-state index in [1.807, 2.05) is 48.7 Å². The largest absolute Gasteiger partial charge is 0.460 e. The summed E-state index contributed by atoms with van der Waals surface area (Å²) in [5.41, 5.74) is 4.63. The first-order valence-electron chi connectivity index (χ1n) is 15.9. The van der Waals surface area contributed by atoms with Crippen molar-refractivity contribution in [2.45, 2.75) is 90.8 Å². The first-order valence-corrected chi connectivity index (χ1v) is 15.9.